The topological polar surface area (TPSA) is 9.23 Å². The van der Waals surface area contributed by atoms with Crippen molar-refractivity contribution < 1.29 is 4.74 Å². The smallest absolute Gasteiger partial charge is 0.140 e. The highest BCUT2D eigenvalue weighted by molar-refractivity contribution is 6.01. The van der Waals surface area contributed by atoms with E-state index in [0.29, 0.717) is 0 Å². The molecule has 1 aliphatic heterocycles. The van der Waals surface area contributed by atoms with Crippen LogP contribution in [0.4, 0.5) is 0 Å². The number of rotatable bonds is 1. The Morgan fingerprint density at radius 1 is 0.388 bits per heavy atom. The molecule has 0 amide bonds. The summed E-state index contributed by atoms with van der Waals surface area (Å²) >= 11 is 0. The SMILES string of the molecule is CC1(C)c2ccccc2-c2c(-c3ccc4c(c3)C3(c5ccccc5-4)c4ccc5ccccc5c4Oc4c3ccc3ccccc43)cccc21. The summed E-state index contributed by atoms with van der Waals surface area (Å²) in [5.41, 5.74) is 15.0. The molecule has 0 radical (unpaired) electrons. The van der Waals surface area contributed by atoms with Gasteiger partial charge in [-0.15, -0.1) is 0 Å². The molecule has 0 saturated carbocycles. The van der Waals surface area contributed by atoms with E-state index < -0.39 is 5.41 Å². The van der Waals surface area contributed by atoms with Crippen molar-refractivity contribution in [1.29, 1.82) is 0 Å². The molecule has 2 aliphatic carbocycles. The third-order valence-corrected chi connectivity index (χ3v) is 11.7. The van der Waals surface area contributed by atoms with Crippen LogP contribution in [0.1, 0.15) is 47.2 Å². The quantitative estimate of drug-likeness (QED) is 0.177. The van der Waals surface area contributed by atoms with E-state index in [4.69, 9.17) is 4.74 Å². The van der Waals surface area contributed by atoms with Gasteiger partial charge < -0.3 is 4.74 Å². The van der Waals surface area contributed by atoms with Gasteiger partial charge in [-0.25, -0.2) is 0 Å². The van der Waals surface area contributed by atoms with Crippen molar-refractivity contribution in [2.75, 3.05) is 0 Å². The second-order valence-corrected chi connectivity index (χ2v) is 14.4. The van der Waals surface area contributed by atoms with Gasteiger partial charge in [0.1, 0.15) is 11.5 Å². The zero-order valence-electron chi connectivity index (χ0n) is 27.4. The Hall–Kier alpha value is -5.92. The van der Waals surface area contributed by atoms with Gasteiger partial charge in [0, 0.05) is 27.3 Å². The molecule has 0 N–H and O–H groups in total. The lowest BCUT2D eigenvalue weighted by Crippen LogP contribution is -2.32. The average Bonchev–Trinajstić information content (AvgIpc) is 3.57. The van der Waals surface area contributed by atoms with E-state index in [1.807, 2.05) is 0 Å². The molecule has 8 aromatic carbocycles. The first-order valence-electron chi connectivity index (χ1n) is 17.3. The Kier molecular flexibility index (Phi) is 5.17. The van der Waals surface area contributed by atoms with E-state index in [1.54, 1.807) is 0 Å². The van der Waals surface area contributed by atoms with Crippen LogP contribution in [0.25, 0.3) is 54.9 Å². The van der Waals surface area contributed by atoms with Gasteiger partial charge in [-0.1, -0.05) is 166 Å². The van der Waals surface area contributed by atoms with Gasteiger partial charge in [0.15, 0.2) is 0 Å². The van der Waals surface area contributed by atoms with Crippen LogP contribution in [-0.2, 0) is 10.8 Å². The molecule has 1 nitrogen and oxygen atoms in total. The van der Waals surface area contributed by atoms with Crippen molar-refractivity contribution in [1.82, 2.24) is 0 Å². The highest BCUT2D eigenvalue weighted by Gasteiger charge is 2.52. The number of benzene rings is 8. The molecule has 1 heteroatoms. The zero-order valence-corrected chi connectivity index (χ0v) is 27.4. The minimum atomic E-state index is -0.561. The summed E-state index contributed by atoms with van der Waals surface area (Å²) in [4.78, 5) is 0. The molecule has 11 rings (SSSR count). The maximum absolute atomic E-state index is 7.16. The van der Waals surface area contributed by atoms with Gasteiger partial charge >= 0.3 is 0 Å². The highest BCUT2D eigenvalue weighted by Crippen LogP contribution is 2.64. The molecule has 0 saturated heterocycles. The number of hydrogen-bond donors (Lipinski definition) is 0. The van der Waals surface area contributed by atoms with Gasteiger partial charge in [0.2, 0.25) is 0 Å². The first-order chi connectivity index (χ1) is 24.1. The van der Waals surface area contributed by atoms with E-state index in [1.165, 1.54) is 77.5 Å². The molecule has 1 spiro atoms. The molecular weight excluding hydrogens is 593 g/mol. The summed E-state index contributed by atoms with van der Waals surface area (Å²) < 4.78 is 7.16. The van der Waals surface area contributed by atoms with Crippen LogP contribution in [0, 0.1) is 0 Å². The molecule has 0 unspecified atom stereocenters. The molecule has 1 heterocycles. The molecule has 3 aliphatic rings. The van der Waals surface area contributed by atoms with E-state index >= 15 is 0 Å². The fraction of sp³-hybridized carbons (Fsp3) is 0.0833. The Morgan fingerprint density at radius 2 is 0.939 bits per heavy atom. The van der Waals surface area contributed by atoms with Gasteiger partial charge in [0.05, 0.1) is 5.41 Å². The summed E-state index contributed by atoms with van der Waals surface area (Å²) in [5.74, 6) is 1.90. The predicted molar refractivity (Wildman–Crippen MR) is 202 cm³/mol. The summed E-state index contributed by atoms with van der Waals surface area (Å²) in [6, 6.07) is 58.6. The molecular formula is C48H32O. The lowest BCUT2D eigenvalue weighted by molar-refractivity contribution is 0.447. The normalized spacial score (nSPS) is 15.2. The minimum absolute atomic E-state index is 0.0587. The van der Waals surface area contributed by atoms with Crippen molar-refractivity contribution in [2.24, 2.45) is 0 Å². The van der Waals surface area contributed by atoms with Crippen molar-refractivity contribution >= 4 is 21.5 Å². The molecule has 8 aromatic rings. The Morgan fingerprint density at radius 3 is 1.65 bits per heavy atom. The van der Waals surface area contributed by atoms with Gasteiger partial charge in [-0.3, -0.25) is 0 Å². The van der Waals surface area contributed by atoms with E-state index in [-0.39, 0.29) is 5.41 Å². The van der Waals surface area contributed by atoms with Crippen molar-refractivity contribution in [3.8, 4) is 44.9 Å². The molecule has 0 atom stereocenters. The van der Waals surface area contributed by atoms with Crippen LogP contribution in [0.15, 0.2) is 158 Å². The number of hydrogen-bond acceptors (Lipinski definition) is 1. The fourth-order valence-electron chi connectivity index (χ4n) is 9.57. The van der Waals surface area contributed by atoms with Crippen molar-refractivity contribution in [2.45, 2.75) is 24.7 Å². The summed E-state index contributed by atoms with van der Waals surface area (Å²) in [7, 11) is 0. The van der Waals surface area contributed by atoms with E-state index in [2.05, 4.69) is 172 Å². The van der Waals surface area contributed by atoms with Crippen molar-refractivity contribution in [3.05, 3.63) is 191 Å². The molecule has 230 valence electrons. The van der Waals surface area contributed by atoms with Crippen LogP contribution in [0.3, 0.4) is 0 Å². The Balaban J connectivity index is 1.28. The van der Waals surface area contributed by atoms with E-state index in [0.717, 1.165) is 22.3 Å². The third kappa shape index (κ3) is 3.30. The Labute approximate surface area is 286 Å². The monoisotopic (exact) mass is 624 g/mol. The van der Waals surface area contributed by atoms with Crippen LogP contribution >= 0.6 is 0 Å². The van der Waals surface area contributed by atoms with Crippen LogP contribution in [-0.4, -0.2) is 0 Å². The van der Waals surface area contributed by atoms with Crippen molar-refractivity contribution in [3.63, 3.8) is 0 Å². The first-order valence-corrected chi connectivity index (χ1v) is 17.3. The minimum Gasteiger partial charge on any atom is -0.455 e. The predicted octanol–water partition coefficient (Wildman–Crippen LogP) is 12.4. The van der Waals surface area contributed by atoms with E-state index in [9.17, 15) is 0 Å². The largest absolute Gasteiger partial charge is 0.455 e. The second-order valence-electron chi connectivity index (χ2n) is 14.4. The van der Waals surface area contributed by atoms with Gasteiger partial charge in [0.25, 0.3) is 0 Å². The maximum Gasteiger partial charge on any atom is 0.140 e. The van der Waals surface area contributed by atoms with Crippen LogP contribution in [0.5, 0.6) is 11.5 Å². The highest BCUT2D eigenvalue weighted by atomic mass is 16.5. The zero-order chi connectivity index (χ0) is 32.5. The maximum atomic E-state index is 7.16. The number of fused-ring (bicyclic) bond motifs is 16. The average molecular weight is 625 g/mol. The number of ether oxygens (including phenoxy) is 1. The van der Waals surface area contributed by atoms with Crippen LogP contribution < -0.4 is 4.74 Å². The molecule has 0 aromatic heterocycles. The lowest BCUT2D eigenvalue weighted by Gasteiger charge is -2.40. The standard InChI is InChI=1S/C48H32O/c1-47(2)38-19-9-8-17-37(38)44-32(18-11-21-40(44)47)31-22-25-36-35-16-7-10-20-39(35)48(43(36)28-31)41-26-23-29-12-3-5-14-33(29)45(41)49-46-34-15-6-4-13-30(34)24-27-42(46)48/h3-28H,1-2H3. The molecule has 0 fully saturated rings. The first kappa shape index (κ1) is 27.1. The summed E-state index contributed by atoms with van der Waals surface area (Å²) in [6.45, 7) is 4.72. The molecule has 0 bridgehead atoms. The second kappa shape index (κ2) is 9.36. The van der Waals surface area contributed by atoms with Crippen LogP contribution in [0.2, 0.25) is 0 Å². The van der Waals surface area contributed by atoms with Gasteiger partial charge in [-0.05, 0) is 72.5 Å². The lowest BCUT2D eigenvalue weighted by atomic mass is 9.65. The van der Waals surface area contributed by atoms with Gasteiger partial charge in [-0.2, -0.15) is 0 Å². The Bertz CT molecular complexity index is 2640. The summed E-state index contributed by atoms with van der Waals surface area (Å²) in [6.07, 6.45) is 0. The third-order valence-electron chi connectivity index (χ3n) is 11.7. The fourth-order valence-corrected chi connectivity index (χ4v) is 9.57. The molecule has 49 heavy (non-hydrogen) atoms. The summed E-state index contributed by atoms with van der Waals surface area (Å²) in [5, 5.41) is 4.64.